The van der Waals surface area contributed by atoms with Crippen LogP contribution in [-0.4, -0.2) is 11.1 Å². The molecule has 0 aromatic heterocycles. The monoisotopic (exact) mass is 344 g/mol. The SMILES string of the molecule is O=C(NCc1ccc(C(F)(F)F)cc1)Nc1cccc(Cl)c1O. The standard InChI is InChI=1S/C15H12ClF3N2O2/c16-11-2-1-3-12(13(11)22)21-14(23)20-8-9-4-6-10(7-5-9)15(17,18)19/h1-7,22H,8H2,(H2,20,21,23). The number of aromatic hydroxyl groups is 1. The predicted octanol–water partition coefficient (Wildman–Crippen LogP) is 4.39. The molecule has 0 aliphatic rings. The molecule has 0 atom stereocenters. The molecule has 0 bridgehead atoms. The summed E-state index contributed by atoms with van der Waals surface area (Å²) in [6, 6.07) is 8.28. The Labute approximate surface area is 134 Å². The zero-order chi connectivity index (χ0) is 17.0. The Morgan fingerprint density at radius 1 is 1.13 bits per heavy atom. The zero-order valence-corrected chi connectivity index (χ0v) is 12.4. The number of hydrogen-bond acceptors (Lipinski definition) is 2. The Balaban J connectivity index is 1.93. The molecule has 2 rings (SSSR count). The summed E-state index contributed by atoms with van der Waals surface area (Å²) in [5, 5.41) is 14.6. The number of phenolic OH excluding ortho intramolecular Hbond substituents is 1. The summed E-state index contributed by atoms with van der Waals surface area (Å²) in [4.78, 5) is 11.7. The van der Waals surface area contributed by atoms with E-state index in [9.17, 15) is 23.1 Å². The van der Waals surface area contributed by atoms with Crippen molar-refractivity contribution >= 4 is 23.3 Å². The van der Waals surface area contributed by atoms with E-state index in [4.69, 9.17) is 11.6 Å². The molecule has 0 spiro atoms. The predicted molar refractivity (Wildman–Crippen MR) is 80.4 cm³/mol. The first kappa shape index (κ1) is 17.0. The Morgan fingerprint density at radius 2 is 1.78 bits per heavy atom. The molecule has 2 amide bonds. The third-order valence-electron chi connectivity index (χ3n) is 2.97. The van der Waals surface area contributed by atoms with Crippen LogP contribution in [0.1, 0.15) is 11.1 Å². The van der Waals surface area contributed by atoms with Gasteiger partial charge in [-0.2, -0.15) is 13.2 Å². The Kier molecular flexibility index (Phi) is 5.00. The number of urea groups is 1. The van der Waals surface area contributed by atoms with E-state index in [2.05, 4.69) is 10.6 Å². The second-order valence-corrected chi connectivity index (χ2v) is 5.05. The van der Waals surface area contributed by atoms with Gasteiger partial charge in [0.2, 0.25) is 0 Å². The van der Waals surface area contributed by atoms with Crippen molar-refractivity contribution in [3.63, 3.8) is 0 Å². The third kappa shape index (κ3) is 4.53. The van der Waals surface area contributed by atoms with Crippen molar-refractivity contribution in [2.45, 2.75) is 12.7 Å². The van der Waals surface area contributed by atoms with Crippen molar-refractivity contribution < 1.29 is 23.1 Å². The zero-order valence-electron chi connectivity index (χ0n) is 11.6. The van der Waals surface area contributed by atoms with E-state index in [0.717, 1.165) is 12.1 Å². The summed E-state index contributed by atoms with van der Waals surface area (Å²) in [6.07, 6.45) is -4.40. The molecule has 4 nitrogen and oxygen atoms in total. The van der Waals surface area contributed by atoms with Crippen molar-refractivity contribution in [2.24, 2.45) is 0 Å². The van der Waals surface area contributed by atoms with Gasteiger partial charge in [-0.1, -0.05) is 29.8 Å². The van der Waals surface area contributed by atoms with Crippen LogP contribution in [0.25, 0.3) is 0 Å². The molecule has 0 aliphatic heterocycles. The Bertz CT molecular complexity index is 703. The molecule has 0 saturated heterocycles. The topological polar surface area (TPSA) is 61.4 Å². The van der Waals surface area contributed by atoms with Gasteiger partial charge in [0.05, 0.1) is 16.3 Å². The van der Waals surface area contributed by atoms with Gasteiger partial charge >= 0.3 is 12.2 Å². The molecule has 8 heteroatoms. The van der Waals surface area contributed by atoms with Crippen molar-refractivity contribution in [3.05, 3.63) is 58.6 Å². The second-order valence-electron chi connectivity index (χ2n) is 4.64. The fourth-order valence-electron chi connectivity index (χ4n) is 1.78. The molecule has 0 saturated carbocycles. The van der Waals surface area contributed by atoms with Gasteiger partial charge < -0.3 is 15.7 Å². The van der Waals surface area contributed by atoms with Gasteiger partial charge in [0, 0.05) is 6.54 Å². The molecule has 0 unspecified atom stereocenters. The van der Waals surface area contributed by atoms with Crippen LogP contribution < -0.4 is 10.6 Å². The van der Waals surface area contributed by atoms with Crippen LogP contribution in [0, 0.1) is 0 Å². The third-order valence-corrected chi connectivity index (χ3v) is 3.27. The number of para-hydroxylation sites is 1. The van der Waals surface area contributed by atoms with Gasteiger partial charge in [0.1, 0.15) is 0 Å². The highest BCUT2D eigenvalue weighted by molar-refractivity contribution is 6.32. The average molecular weight is 345 g/mol. The second kappa shape index (κ2) is 6.78. The summed E-state index contributed by atoms with van der Waals surface area (Å²) in [5.74, 6) is -0.265. The lowest BCUT2D eigenvalue weighted by Gasteiger charge is -2.11. The number of carbonyl (C=O) groups excluding carboxylic acids is 1. The molecule has 0 radical (unpaired) electrons. The smallest absolute Gasteiger partial charge is 0.416 e. The highest BCUT2D eigenvalue weighted by Gasteiger charge is 2.29. The summed E-state index contributed by atoms with van der Waals surface area (Å²) in [7, 11) is 0. The molecule has 0 aliphatic carbocycles. The van der Waals surface area contributed by atoms with Crippen molar-refractivity contribution in [3.8, 4) is 5.75 Å². The number of rotatable bonds is 3. The van der Waals surface area contributed by atoms with E-state index < -0.39 is 17.8 Å². The van der Waals surface area contributed by atoms with E-state index in [1.165, 1.54) is 24.3 Å². The van der Waals surface area contributed by atoms with Crippen molar-refractivity contribution in [1.82, 2.24) is 5.32 Å². The number of nitrogens with one attached hydrogen (secondary N) is 2. The Morgan fingerprint density at radius 3 is 2.39 bits per heavy atom. The van der Waals surface area contributed by atoms with Crippen LogP contribution in [0.4, 0.5) is 23.7 Å². The first-order valence-electron chi connectivity index (χ1n) is 6.46. The number of phenols is 1. The lowest BCUT2D eigenvalue weighted by molar-refractivity contribution is -0.137. The highest BCUT2D eigenvalue weighted by Crippen LogP contribution is 2.31. The normalized spacial score (nSPS) is 11.1. The van der Waals surface area contributed by atoms with Crippen LogP contribution in [0.3, 0.4) is 0 Å². The van der Waals surface area contributed by atoms with E-state index >= 15 is 0 Å². The number of benzene rings is 2. The largest absolute Gasteiger partial charge is 0.504 e. The molecule has 0 fully saturated rings. The maximum Gasteiger partial charge on any atom is 0.416 e. The lowest BCUT2D eigenvalue weighted by atomic mass is 10.1. The molecule has 3 N–H and O–H groups in total. The summed E-state index contributed by atoms with van der Waals surface area (Å²) in [5.41, 5.74) is -0.125. The van der Waals surface area contributed by atoms with Gasteiger partial charge in [0.25, 0.3) is 0 Å². The van der Waals surface area contributed by atoms with Crippen LogP contribution >= 0.6 is 11.6 Å². The van der Waals surface area contributed by atoms with E-state index in [1.807, 2.05) is 0 Å². The minimum Gasteiger partial charge on any atom is -0.504 e. The molecule has 2 aromatic carbocycles. The van der Waals surface area contributed by atoms with Gasteiger partial charge in [-0.3, -0.25) is 0 Å². The summed E-state index contributed by atoms with van der Waals surface area (Å²) >= 11 is 5.71. The van der Waals surface area contributed by atoms with E-state index in [1.54, 1.807) is 6.07 Å². The van der Waals surface area contributed by atoms with Crippen LogP contribution in [0.15, 0.2) is 42.5 Å². The first-order valence-corrected chi connectivity index (χ1v) is 6.83. The summed E-state index contributed by atoms with van der Waals surface area (Å²) < 4.78 is 37.3. The number of carbonyl (C=O) groups is 1. The van der Waals surface area contributed by atoms with Crippen molar-refractivity contribution in [2.75, 3.05) is 5.32 Å². The quantitative estimate of drug-likeness (QED) is 0.723. The highest BCUT2D eigenvalue weighted by atomic mass is 35.5. The molecule has 2 aromatic rings. The molecule has 122 valence electrons. The number of halogens is 4. The first-order chi connectivity index (χ1) is 10.8. The van der Waals surface area contributed by atoms with E-state index in [0.29, 0.717) is 5.56 Å². The maximum absolute atomic E-state index is 12.4. The molecule has 23 heavy (non-hydrogen) atoms. The number of amides is 2. The number of hydrogen-bond donors (Lipinski definition) is 3. The minimum atomic E-state index is -4.40. The van der Waals surface area contributed by atoms with Gasteiger partial charge in [-0.25, -0.2) is 4.79 Å². The Hall–Kier alpha value is -2.41. The van der Waals surface area contributed by atoms with Gasteiger partial charge in [0.15, 0.2) is 5.75 Å². The van der Waals surface area contributed by atoms with Gasteiger partial charge in [-0.15, -0.1) is 0 Å². The maximum atomic E-state index is 12.4. The van der Waals surface area contributed by atoms with Crippen molar-refractivity contribution in [1.29, 1.82) is 0 Å². The van der Waals surface area contributed by atoms with Crippen LogP contribution in [0.2, 0.25) is 5.02 Å². The molecule has 0 heterocycles. The van der Waals surface area contributed by atoms with Crippen LogP contribution in [-0.2, 0) is 12.7 Å². The number of anilines is 1. The fraction of sp³-hybridized carbons (Fsp3) is 0.133. The summed E-state index contributed by atoms with van der Waals surface area (Å²) in [6.45, 7) is 0.0330. The minimum absolute atomic E-state index is 0.0330. The van der Waals surface area contributed by atoms with E-state index in [-0.39, 0.29) is 23.0 Å². The number of alkyl halides is 3. The van der Waals surface area contributed by atoms with Gasteiger partial charge in [-0.05, 0) is 29.8 Å². The molecular weight excluding hydrogens is 333 g/mol. The fourth-order valence-corrected chi connectivity index (χ4v) is 1.95. The van der Waals surface area contributed by atoms with Crippen LogP contribution in [0.5, 0.6) is 5.75 Å². The molecular formula is C15H12ClF3N2O2. The lowest BCUT2D eigenvalue weighted by Crippen LogP contribution is -2.28. The average Bonchev–Trinajstić information content (AvgIpc) is 2.49.